The van der Waals surface area contributed by atoms with E-state index in [0.717, 1.165) is 51.5 Å². The molecule has 3 aromatic rings. The minimum atomic E-state index is -4.46. The van der Waals surface area contributed by atoms with Gasteiger partial charge in [0.05, 0.1) is 12.6 Å². The molecule has 298 valence electrons. The third-order valence-corrected chi connectivity index (χ3v) is 10.3. The maximum absolute atomic E-state index is 14.0. The van der Waals surface area contributed by atoms with E-state index in [0.29, 0.717) is 32.2 Å². The average molecular weight is 781 g/mol. The summed E-state index contributed by atoms with van der Waals surface area (Å²) in [5, 5.41) is 2.95. The van der Waals surface area contributed by atoms with Crippen LogP contribution in [0.1, 0.15) is 75.5 Å². The zero-order valence-electron chi connectivity index (χ0n) is 31.7. The molecular weight excluding hydrogens is 727 g/mol. The van der Waals surface area contributed by atoms with E-state index < -0.39 is 57.4 Å². The summed E-state index contributed by atoms with van der Waals surface area (Å²) >= 11 is 0. The molecule has 1 fully saturated rings. The molecule has 0 unspecified atom stereocenters. The molecule has 1 N–H and O–H groups in total. The number of rotatable bonds is 22. The van der Waals surface area contributed by atoms with Crippen LogP contribution in [-0.2, 0) is 66.0 Å². The van der Waals surface area contributed by atoms with Crippen LogP contribution in [-0.4, -0.2) is 73.8 Å². The number of ether oxygens (including phenoxy) is 3. The molecule has 0 aromatic heterocycles. The molecule has 0 bridgehead atoms. The summed E-state index contributed by atoms with van der Waals surface area (Å²) < 4.78 is 45.0. The molecule has 2 amide bonds. The van der Waals surface area contributed by atoms with E-state index in [1.165, 1.54) is 16.0 Å². The minimum absolute atomic E-state index is 0.258. The first-order chi connectivity index (χ1) is 26.6. The number of urea groups is 1. The fraction of sp³-hybridized carbons (Fsp3) is 0.463. The number of nitrogens with zero attached hydrogens (tertiary/aromatic N) is 1. The van der Waals surface area contributed by atoms with Gasteiger partial charge in [-0.25, -0.2) is 23.2 Å². The second-order valence-corrected chi connectivity index (χ2v) is 15.0. The molecule has 14 heteroatoms. The summed E-state index contributed by atoms with van der Waals surface area (Å²) in [6.45, 7) is 0.752. The van der Waals surface area contributed by atoms with E-state index in [1.54, 1.807) is 0 Å². The number of aryl methyl sites for hydroxylation is 2. The average Bonchev–Trinajstić information content (AvgIpc) is 3.18. The molecular formula is C41H53N2O11P. The number of hydrogen-bond donors (Lipinski definition) is 1. The molecule has 2 atom stereocenters. The van der Waals surface area contributed by atoms with Crippen LogP contribution < -0.4 is 5.32 Å². The summed E-state index contributed by atoms with van der Waals surface area (Å²) in [4.78, 5) is 52.0. The number of piperidine rings is 1. The van der Waals surface area contributed by atoms with Crippen molar-refractivity contribution < 1.29 is 51.5 Å². The van der Waals surface area contributed by atoms with Crippen LogP contribution in [0.25, 0.3) is 0 Å². The van der Waals surface area contributed by atoms with E-state index in [4.69, 9.17) is 27.8 Å². The van der Waals surface area contributed by atoms with Gasteiger partial charge in [-0.3, -0.25) is 14.1 Å². The Labute approximate surface area is 323 Å². The van der Waals surface area contributed by atoms with Crippen molar-refractivity contribution in [1.29, 1.82) is 0 Å². The fourth-order valence-corrected chi connectivity index (χ4v) is 7.18. The lowest BCUT2D eigenvalue weighted by Crippen LogP contribution is -2.55. The number of esters is 3. The highest BCUT2D eigenvalue weighted by Crippen LogP contribution is 2.49. The molecule has 4 rings (SSSR count). The number of nitrogens with one attached hydrogen (secondary N) is 1. The normalized spacial score (nSPS) is 14.9. The van der Waals surface area contributed by atoms with Crippen molar-refractivity contribution in [3.05, 3.63) is 108 Å². The molecule has 1 aliphatic heterocycles. The van der Waals surface area contributed by atoms with Crippen molar-refractivity contribution in [1.82, 2.24) is 10.2 Å². The molecule has 1 saturated heterocycles. The van der Waals surface area contributed by atoms with Crippen molar-refractivity contribution in [3.8, 4) is 0 Å². The molecule has 0 radical (unpaired) electrons. The number of phosphoric acid groups is 1. The maximum Gasteiger partial charge on any atom is 0.480 e. The van der Waals surface area contributed by atoms with E-state index in [-0.39, 0.29) is 19.1 Å². The molecule has 1 heterocycles. The Kier molecular flexibility index (Phi) is 18.4. The van der Waals surface area contributed by atoms with Crippen LogP contribution in [0.15, 0.2) is 91.0 Å². The number of amides is 2. The van der Waals surface area contributed by atoms with Gasteiger partial charge in [-0.05, 0) is 80.9 Å². The second kappa shape index (κ2) is 23.4. The number of carbonyl (C=O) groups is 4. The molecule has 0 saturated carbocycles. The summed E-state index contributed by atoms with van der Waals surface area (Å²) in [5.41, 5.74) is 3.30. The number of carbonyl (C=O) groups excluding carboxylic acids is 4. The second-order valence-electron chi connectivity index (χ2n) is 13.4. The van der Waals surface area contributed by atoms with Crippen LogP contribution in [0, 0.1) is 0 Å². The number of likely N-dealkylation sites (tertiary alicyclic amines) is 1. The SMILES string of the molecule is CC(=O)OCOP(=O)(OCOC(C)=O)OC[C@@H](Cc1ccccc1)NC(=O)N1CCCC[C@H]1C(=O)OC(CCCc1ccccc1)CCCc1ccccc1. The summed E-state index contributed by atoms with van der Waals surface area (Å²) in [7, 11) is -4.46. The van der Waals surface area contributed by atoms with Gasteiger partial charge in [0, 0.05) is 20.4 Å². The van der Waals surface area contributed by atoms with Crippen LogP contribution in [0.4, 0.5) is 4.79 Å². The van der Waals surface area contributed by atoms with Crippen molar-refractivity contribution in [2.24, 2.45) is 0 Å². The van der Waals surface area contributed by atoms with Gasteiger partial charge in [-0.15, -0.1) is 0 Å². The minimum Gasteiger partial charge on any atom is -0.461 e. The first-order valence-corrected chi connectivity index (χ1v) is 20.3. The highest BCUT2D eigenvalue weighted by atomic mass is 31.2. The standard InChI is InChI=1S/C41H53N2O11P/c1-32(44)49-30-52-55(48,53-31-50-33(2)45)51-29-37(28-36-20-10-5-11-21-36)42-41(47)43-27-13-12-26-39(43)40(46)54-38(24-14-22-34-16-6-3-7-17-34)25-15-23-35-18-8-4-9-19-35/h3-11,16-21,37-39H,12-15,22-31H2,1-2H3,(H,42,47)/t37-,39+/m1/s1. The van der Waals surface area contributed by atoms with Crippen LogP contribution >= 0.6 is 7.82 Å². The Morgan fingerprint density at radius 3 is 1.75 bits per heavy atom. The van der Waals surface area contributed by atoms with Crippen molar-refractivity contribution in [2.75, 3.05) is 26.7 Å². The number of phosphoric ester groups is 1. The molecule has 3 aromatic carbocycles. The smallest absolute Gasteiger partial charge is 0.461 e. The molecule has 55 heavy (non-hydrogen) atoms. The lowest BCUT2D eigenvalue weighted by molar-refractivity contribution is -0.156. The molecule has 0 aliphatic carbocycles. The Morgan fingerprint density at radius 2 is 1.24 bits per heavy atom. The van der Waals surface area contributed by atoms with E-state index in [1.807, 2.05) is 66.7 Å². The third-order valence-electron chi connectivity index (χ3n) is 9.02. The monoisotopic (exact) mass is 780 g/mol. The topological polar surface area (TPSA) is 156 Å². The molecule has 0 spiro atoms. The first-order valence-electron chi connectivity index (χ1n) is 18.8. The highest BCUT2D eigenvalue weighted by Gasteiger charge is 2.36. The van der Waals surface area contributed by atoms with E-state index in [2.05, 4.69) is 29.6 Å². The predicted molar refractivity (Wildman–Crippen MR) is 204 cm³/mol. The number of benzene rings is 3. The Bertz CT molecular complexity index is 1590. The zero-order chi connectivity index (χ0) is 39.3. The van der Waals surface area contributed by atoms with Gasteiger partial charge in [-0.2, -0.15) is 0 Å². The predicted octanol–water partition coefficient (Wildman–Crippen LogP) is 7.32. The summed E-state index contributed by atoms with van der Waals surface area (Å²) in [6, 6.07) is 27.6. The Hall–Kier alpha value is -4.55. The first kappa shape index (κ1) is 43.2. The molecule has 1 aliphatic rings. The van der Waals surface area contributed by atoms with Crippen LogP contribution in [0.3, 0.4) is 0 Å². The van der Waals surface area contributed by atoms with Gasteiger partial charge in [0.2, 0.25) is 13.6 Å². The van der Waals surface area contributed by atoms with E-state index >= 15 is 0 Å². The van der Waals surface area contributed by atoms with Crippen LogP contribution in [0.2, 0.25) is 0 Å². The lowest BCUT2D eigenvalue weighted by Gasteiger charge is -2.36. The quantitative estimate of drug-likeness (QED) is 0.0472. The summed E-state index contributed by atoms with van der Waals surface area (Å²) in [6.07, 6.45) is 6.70. The number of hydrogen-bond acceptors (Lipinski definition) is 11. The van der Waals surface area contributed by atoms with Crippen molar-refractivity contribution in [3.63, 3.8) is 0 Å². The van der Waals surface area contributed by atoms with Gasteiger partial charge < -0.3 is 24.4 Å². The van der Waals surface area contributed by atoms with Gasteiger partial charge in [-0.1, -0.05) is 91.0 Å². The zero-order valence-corrected chi connectivity index (χ0v) is 32.6. The van der Waals surface area contributed by atoms with Gasteiger partial charge in [0.1, 0.15) is 12.1 Å². The Morgan fingerprint density at radius 1 is 0.727 bits per heavy atom. The van der Waals surface area contributed by atoms with Gasteiger partial charge in [0.15, 0.2) is 0 Å². The van der Waals surface area contributed by atoms with Crippen molar-refractivity contribution >= 4 is 31.8 Å². The van der Waals surface area contributed by atoms with Gasteiger partial charge >= 0.3 is 31.8 Å². The highest BCUT2D eigenvalue weighted by molar-refractivity contribution is 7.48. The van der Waals surface area contributed by atoms with Crippen molar-refractivity contribution in [2.45, 2.75) is 96.2 Å². The summed E-state index contributed by atoms with van der Waals surface area (Å²) in [5.74, 6) is -1.82. The largest absolute Gasteiger partial charge is 0.480 e. The molecule has 13 nitrogen and oxygen atoms in total. The Balaban J connectivity index is 1.43. The lowest BCUT2D eigenvalue weighted by atomic mass is 10.00. The van der Waals surface area contributed by atoms with E-state index in [9.17, 15) is 23.7 Å². The van der Waals surface area contributed by atoms with Crippen LogP contribution in [0.5, 0.6) is 0 Å². The fourth-order valence-electron chi connectivity index (χ4n) is 6.23. The third kappa shape index (κ3) is 16.4. The van der Waals surface area contributed by atoms with Gasteiger partial charge in [0.25, 0.3) is 0 Å². The maximum atomic E-state index is 14.0.